The van der Waals surface area contributed by atoms with Gasteiger partial charge in [0.25, 0.3) is 0 Å². The van der Waals surface area contributed by atoms with Crippen LogP contribution >= 0.6 is 11.5 Å². The summed E-state index contributed by atoms with van der Waals surface area (Å²) in [4.78, 5) is 2.65. The number of fused-ring (bicyclic) bond motifs is 1. The molecular formula is C18H24N4S. The maximum Gasteiger partial charge on any atom is 0.0893 e. The molecular weight excluding hydrogens is 304 g/mol. The Kier molecular flexibility index (Phi) is 4.69. The maximum absolute atomic E-state index is 4.15. The molecule has 23 heavy (non-hydrogen) atoms. The van der Waals surface area contributed by atoms with Crippen LogP contribution in [0.2, 0.25) is 0 Å². The molecule has 1 aliphatic heterocycles. The van der Waals surface area contributed by atoms with E-state index in [-0.39, 0.29) is 0 Å². The Labute approximate surface area is 142 Å². The van der Waals surface area contributed by atoms with Crippen LogP contribution in [0, 0.1) is 11.8 Å². The van der Waals surface area contributed by atoms with Gasteiger partial charge in [0, 0.05) is 37.6 Å². The zero-order valence-corrected chi connectivity index (χ0v) is 14.2. The quantitative estimate of drug-likeness (QED) is 0.916. The summed E-state index contributed by atoms with van der Waals surface area (Å²) in [6, 6.07) is 11.5. The van der Waals surface area contributed by atoms with Crippen LogP contribution in [0.1, 0.15) is 30.5 Å². The van der Waals surface area contributed by atoms with E-state index in [1.54, 1.807) is 0 Å². The molecule has 1 aromatic heterocycles. The lowest BCUT2D eigenvalue weighted by atomic mass is 9.78. The summed E-state index contributed by atoms with van der Waals surface area (Å²) in [7, 11) is 0. The second-order valence-electron chi connectivity index (χ2n) is 6.92. The van der Waals surface area contributed by atoms with E-state index in [9.17, 15) is 0 Å². The first kappa shape index (κ1) is 15.2. The fourth-order valence-electron chi connectivity index (χ4n) is 4.28. The molecule has 0 unspecified atom stereocenters. The van der Waals surface area contributed by atoms with E-state index >= 15 is 0 Å². The minimum absolute atomic E-state index is 0.635. The van der Waals surface area contributed by atoms with Crippen molar-refractivity contribution in [3.63, 3.8) is 0 Å². The molecule has 1 saturated carbocycles. The Bertz CT molecular complexity index is 601. The van der Waals surface area contributed by atoms with Crippen molar-refractivity contribution < 1.29 is 0 Å². The molecule has 5 heteroatoms. The molecule has 0 spiro atoms. The van der Waals surface area contributed by atoms with Crippen molar-refractivity contribution in [2.24, 2.45) is 11.8 Å². The van der Waals surface area contributed by atoms with Crippen molar-refractivity contribution in [3.8, 4) is 0 Å². The highest BCUT2D eigenvalue weighted by Crippen LogP contribution is 2.37. The summed E-state index contributed by atoms with van der Waals surface area (Å²) in [6.07, 6.45) is 4.05. The molecule has 1 N–H and O–H groups in total. The Balaban J connectivity index is 1.36. The SMILES string of the molecule is c1ccc(CN2C[C@@H]3CCC[C@@H](NCc4csnn4)[C@H]3C2)cc1. The molecule has 122 valence electrons. The van der Waals surface area contributed by atoms with Gasteiger partial charge in [0.1, 0.15) is 0 Å². The standard InChI is InChI=1S/C18H24N4S/c1-2-5-14(6-3-1)10-22-11-15-7-4-8-18(17(15)12-22)19-9-16-13-23-21-20-16/h1-3,5-6,13,15,17-19H,4,7-12H2/t15-,17-,18+/m0/s1. The van der Waals surface area contributed by atoms with Crippen LogP contribution in [-0.4, -0.2) is 33.6 Å². The van der Waals surface area contributed by atoms with E-state index < -0.39 is 0 Å². The van der Waals surface area contributed by atoms with Gasteiger partial charge in [-0.3, -0.25) is 4.90 Å². The number of nitrogens with zero attached hydrogens (tertiary/aromatic N) is 3. The highest BCUT2D eigenvalue weighted by molar-refractivity contribution is 7.03. The van der Waals surface area contributed by atoms with Crippen molar-refractivity contribution in [1.29, 1.82) is 0 Å². The van der Waals surface area contributed by atoms with Crippen LogP contribution in [0.3, 0.4) is 0 Å². The zero-order chi connectivity index (χ0) is 15.5. The molecule has 2 aliphatic rings. The number of benzene rings is 1. The zero-order valence-electron chi connectivity index (χ0n) is 13.4. The molecule has 1 aromatic carbocycles. The first-order valence-corrected chi connectivity index (χ1v) is 9.48. The van der Waals surface area contributed by atoms with Gasteiger partial charge in [-0.1, -0.05) is 41.2 Å². The third-order valence-electron chi connectivity index (χ3n) is 5.37. The minimum atomic E-state index is 0.635. The van der Waals surface area contributed by atoms with Gasteiger partial charge in [-0.2, -0.15) is 0 Å². The second-order valence-corrected chi connectivity index (χ2v) is 7.53. The van der Waals surface area contributed by atoms with Crippen molar-refractivity contribution in [3.05, 3.63) is 47.0 Å². The summed E-state index contributed by atoms with van der Waals surface area (Å²) in [5.74, 6) is 1.65. The van der Waals surface area contributed by atoms with Gasteiger partial charge < -0.3 is 5.32 Å². The Morgan fingerprint density at radius 2 is 2.09 bits per heavy atom. The summed E-state index contributed by atoms with van der Waals surface area (Å²) in [6.45, 7) is 4.45. The van der Waals surface area contributed by atoms with Gasteiger partial charge in [0.2, 0.25) is 0 Å². The van der Waals surface area contributed by atoms with Crippen LogP contribution in [0.5, 0.6) is 0 Å². The lowest BCUT2D eigenvalue weighted by Gasteiger charge is -2.33. The number of likely N-dealkylation sites (tertiary alicyclic amines) is 1. The van der Waals surface area contributed by atoms with Crippen LogP contribution in [0.15, 0.2) is 35.7 Å². The van der Waals surface area contributed by atoms with Gasteiger partial charge in [-0.15, -0.1) is 5.10 Å². The third kappa shape index (κ3) is 3.62. The van der Waals surface area contributed by atoms with E-state index in [0.717, 1.165) is 30.6 Å². The first-order valence-electron chi connectivity index (χ1n) is 8.64. The molecule has 2 aromatic rings. The predicted octanol–water partition coefficient (Wildman–Crippen LogP) is 2.93. The van der Waals surface area contributed by atoms with E-state index in [2.05, 4.69) is 50.1 Å². The van der Waals surface area contributed by atoms with Gasteiger partial charge >= 0.3 is 0 Å². The number of aromatic nitrogens is 2. The van der Waals surface area contributed by atoms with Gasteiger partial charge in [0.15, 0.2) is 0 Å². The van der Waals surface area contributed by atoms with Crippen LogP contribution in [0.25, 0.3) is 0 Å². The van der Waals surface area contributed by atoms with Crippen LogP contribution < -0.4 is 5.32 Å². The third-order valence-corrected chi connectivity index (χ3v) is 5.93. The topological polar surface area (TPSA) is 41.0 Å². The van der Waals surface area contributed by atoms with Crippen molar-refractivity contribution in [2.75, 3.05) is 13.1 Å². The average molecular weight is 328 g/mol. The van der Waals surface area contributed by atoms with Crippen LogP contribution in [0.4, 0.5) is 0 Å². The Morgan fingerprint density at radius 1 is 1.17 bits per heavy atom. The number of rotatable bonds is 5. The van der Waals surface area contributed by atoms with Crippen molar-refractivity contribution in [1.82, 2.24) is 19.8 Å². The summed E-state index contributed by atoms with van der Waals surface area (Å²) >= 11 is 1.44. The number of hydrogen-bond donors (Lipinski definition) is 1. The van der Waals surface area contributed by atoms with Gasteiger partial charge in [0.05, 0.1) is 5.69 Å². The number of nitrogens with one attached hydrogen (secondary N) is 1. The normalized spacial score (nSPS) is 27.9. The minimum Gasteiger partial charge on any atom is -0.308 e. The smallest absolute Gasteiger partial charge is 0.0893 e. The molecule has 0 radical (unpaired) electrons. The van der Waals surface area contributed by atoms with E-state index in [1.807, 2.05) is 5.38 Å². The molecule has 4 rings (SSSR count). The largest absolute Gasteiger partial charge is 0.308 e. The number of hydrogen-bond acceptors (Lipinski definition) is 5. The van der Waals surface area contributed by atoms with Gasteiger partial charge in [-0.05, 0) is 41.8 Å². The Morgan fingerprint density at radius 3 is 2.91 bits per heavy atom. The van der Waals surface area contributed by atoms with E-state index in [1.165, 1.54) is 49.4 Å². The highest BCUT2D eigenvalue weighted by atomic mass is 32.1. The molecule has 1 aliphatic carbocycles. The molecule has 3 atom stereocenters. The molecule has 0 bridgehead atoms. The lowest BCUT2D eigenvalue weighted by molar-refractivity contribution is 0.221. The molecule has 2 heterocycles. The molecule has 2 fully saturated rings. The fraction of sp³-hybridized carbons (Fsp3) is 0.556. The monoisotopic (exact) mass is 328 g/mol. The summed E-state index contributed by atoms with van der Waals surface area (Å²) < 4.78 is 3.95. The van der Waals surface area contributed by atoms with Crippen molar-refractivity contribution >= 4 is 11.5 Å². The van der Waals surface area contributed by atoms with E-state index in [4.69, 9.17) is 0 Å². The molecule has 0 amide bonds. The fourth-order valence-corrected chi connectivity index (χ4v) is 4.74. The van der Waals surface area contributed by atoms with Crippen LogP contribution in [-0.2, 0) is 13.1 Å². The molecule has 4 nitrogen and oxygen atoms in total. The summed E-state index contributed by atoms with van der Waals surface area (Å²) in [5, 5.41) is 9.96. The second kappa shape index (κ2) is 7.07. The maximum atomic E-state index is 4.15. The predicted molar refractivity (Wildman–Crippen MR) is 93.1 cm³/mol. The van der Waals surface area contributed by atoms with Crippen molar-refractivity contribution in [2.45, 2.75) is 38.4 Å². The lowest BCUT2D eigenvalue weighted by Crippen LogP contribution is -2.42. The summed E-state index contributed by atoms with van der Waals surface area (Å²) in [5.41, 5.74) is 2.51. The Hall–Kier alpha value is -1.30. The van der Waals surface area contributed by atoms with E-state index in [0.29, 0.717) is 6.04 Å². The molecule has 1 saturated heterocycles. The highest BCUT2D eigenvalue weighted by Gasteiger charge is 2.39. The first-order chi connectivity index (χ1) is 11.4. The average Bonchev–Trinajstić information content (AvgIpc) is 3.23. The van der Waals surface area contributed by atoms with Gasteiger partial charge in [-0.25, -0.2) is 0 Å².